The topological polar surface area (TPSA) is 45.2 Å². The van der Waals surface area contributed by atoms with E-state index in [2.05, 4.69) is 43.1 Å². The van der Waals surface area contributed by atoms with Crippen molar-refractivity contribution in [1.82, 2.24) is 9.88 Å². The highest BCUT2D eigenvalue weighted by molar-refractivity contribution is 7.16. The minimum absolute atomic E-state index is 0.0507. The number of likely N-dealkylation sites (tertiary alicyclic amines) is 1. The number of thiophene rings is 1. The lowest BCUT2D eigenvalue weighted by molar-refractivity contribution is 0.102. The van der Waals surface area contributed by atoms with Gasteiger partial charge in [-0.1, -0.05) is 31.2 Å². The van der Waals surface area contributed by atoms with Crippen LogP contribution in [0, 0.1) is 19.8 Å². The molecule has 4 nitrogen and oxygen atoms in total. The first-order valence-corrected chi connectivity index (χ1v) is 11.5. The molecule has 1 atom stereocenters. The molecular formula is C25H29N3OS. The summed E-state index contributed by atoms with van der Waals surface area (Å²) in [6, 6.07) is 15.6. The van der Waals surface area contributed by atoms with Gasteiger partial charge in [-0.2, -0.15) is 0 Å². The van der Waals surface area contributed by atoms with Gasteiger partial charge in [0, 0.05) is 22.2 Å². The van der Waals surface area contributed by atoms with Crippen molar-refractivity contribution in [3.8, 4) is 0 Å². The van der Waals surface area contributed by atoms with Crippen molar-refractivity contribution in [3.63, 3.8) is 0 Å². The Kier molecular flexibility index (Phi) is 6.30. The molecule has 4 rings (SSSR count). The number of anilines is 1. The van der Waals surface area contributed by atoms with Gasteiger partial charge in [0.05, 0.1) is 11.7 Å². The lowest BCUT2D eigenvalue weighted by Crippen LogP contribution is -2.37. The van der Waals surface area contributed by atoms with Crippen LogP contribution in [0.3, 0.4) is 0 Å². The van der Waals surface area contributed by atoms with Crippen molar-refractivity contribution in [2.45, 2.75) is 39.7 Å². The van der Waals surface area contributed by atoms with Gasteiger partial charge in [0.25, 0.3) is 5.91 Å². The number of hydrogen-bond donors (Lipinski definition) is 1. The molecule has 3 heterocycles. The monoisotopic (exact) mass is 419 g/mol. The Morgan fingerprint density at radius 1 is 1.10 bits per heavy atom. The van der Waals surface area contributed by atoms with Crippen LogP contribution in [0.4, 0.5) is 5.00 Å². The van der Waals surface area contributed by atoms with Gasteiger partial charge in [0.15, 0.2) is 0 Å². The zero-order valence-electron chi connectivity index (χ0n) is 17.9. The number of aryl methyl sites for hydroxylation is 1. The summed E-state index contributed by atoms with van der Waals surface area (Å²) in [7, 11) is 0. The number of rotatable bonds is 5. The molecule has 156 valence electrons. The molecule has 2 aromatic heterocycles. The van der Waals surface area contributed by atoms with Crippen LogP contribution in [0.2, 0.25) is 0 Å². The fraction of sp³-hybridized carbons (Fsp3) is 0.360. The molecule has 30 heavy (non-hydrogen) atoms. The van der Waals surface area contributed by atoms with Gasteiger partial charge >= 0.3 is 0 Å². The Morgan fingerprint density at radius 2 is 1.80 bits per heavy atom. The number of amides is 1. The molecule has 1 fully saturated rings. The molecule has 0 spiro atoms. The zero-order valence-corrected chi connectivity index (χ0v) is 18.7. The highest BCUT2D eigenvalue weighted by Crippen LogP contribution is 2.42. The quantitative estimate of drug-likeness (QED) is 0.566. The number of hydrogen-bond acceptors (Lipinski definition) is 4. The Hall–Kier alpha value is -2.50. The van der Waals surface area contributed by atoms with Gasteiger partial charge in [-0.25, -0.2) is 0 Å². The number of pyridine rings is 1. The summed E-state index contributed by atoms with van der Waals surface area (Å²) in [5, 5.41) is 4.15. The summed E-state index contributed by atoms with van der Waals surface area (Å²) < 4.78 is 0. The smallest absolute Gasteiger partial charge is 0.256 e. The van der Waals surface area contributed by atoms with Crippen molar-refractivity contribution in [2.75, 3.05) is 18.4 Å². The van der Waals surface area contributed by atoms with E-state index >= 15 is 0 Å². The molecule has 0 radical (unpaired) electrons. The van der Waals surface area contributed by atoms with Crippen LogP contribution in [-0.4, -0.2) is 28.9 Å². The number of nitrogens with zero attached hydrogens (tertiary/aromatic N) is 2. The summed E-state index contributed by atoms with van der Waals surface area (Å²) in [5.41, 5.74) is 4.16. The van der Waals surface area contributed by atoms with Gasteiger partial charge in [0.1, 0.15) is 5.00 Å². The molecular weight excluding hydrogens is 390 g/mol. The second-order valence-corrected chi connectivity index (χ2v) is 9.45. The van der Waals surface area contributed by atoms with Crippen LogP contribution in [-0.2, 0) is 0 Å². The standard InChI is InChI=1S/C25H29N3OS/c1-17-12-15-28(16-13-17)23(21-11-7-8-14-26-21)22-18(2)19(3)30-25(22)27-24(29)20-9-5-4-6-10-20/h4-11,14,17,23H,12-13,15-16H2,1-3H3,(H,27,29). The molecule has 0 saturated carbocycles. The minimum atomic E-state index is -0.0647. The number of piperidine rings is 1. The Morgan fingerprint density at radius 3 is 2.47 bits per heavy atom. The van der Waals surface area contributed by atoms with E-state index in [1.165, 1.54) is 28.8 Å². The van der Waals surface area contributed by atoms with Crippen molar-refractivity contribution in [1.29, 1.82) is 0 Å². The number of nitrogens with one attached hydrogen (secondary N) is 1. The zero-order chi connectivity index (χ0) is 21.1. The highest BCUT2D eigenvalue weighted by atomic mass is 32.1. The van der Waals surface area contributed by atoms with Gasteiger partial charge in [-0.3, -0.25) is 14.7 Å². The summed E-state index contributed by atoms with van der Waals surface area (Å²) in [6.45, 7) is 8.72. The lowest BCUT2D eigenvalue weighted by Gasteiger charge is -2.37. The van der Waals surface area contributed by atoms with Crippen LogP contribution in [0.15, 0.2) is 54.7 Å². The molecule has 0 bridgehead atoms. The SMILES string of the molecule is Cc1sc(NC(=O)c2ccccc2)c(C(c2ccccn2)N2CCC(C)CC2)c1C. The van der Waals surface area contributed by atoms with Gasteiger partial charge < -0.3 is 5.32 Å². The fourth-order valence-corrected chi connectivity index (χ4v) is 5.26. The lowest BCUT2D eigenvalue weighted by atomic mass is 9.93. The molecule has 0 aliphatic carbocycles. The van der Waals surface area contributed by atoms with E-state index < -0.39 is 0 Å². The number of aromatic nitrogens is 1. The number of benzene rings is 1. The van der Waals surface area contributed by atoms with E-state index in [0.29, 0.717) is 5.56 Å². The highest BCUT2D eigenvalue weighted by Gasteiger charge is 2.32. The third-order valence-electron chi connectivity index (χ3n) is 6.12. The molecule has 1 unspecified atom stereocenters. The Bertz CT molecular complexity index is 992. The summed E-state index contributed by atoms with van der Waals surface area (Å²) in [6.07, 6.45) is 4.25. The van der Waals surface area contributed by atoms with Crippen molar-refractivity contribution in [3.05, 3.63) is 82.0 Å². The van der Waals surface area contributed by atoms with Crippen molar-refractivity contribution >= 4 is 22.2 Å². The molecule has 1 amide bonds. The second-order valence-electron chi connectivity index (χ2n) is 8.22. The molecule has 1 saturated heterocycles. The maximum atomic E-state index is 12.9. The summed E-state index contributed by atoms with van der Waals surface area (Å²) >= 11 is 1.67. The first-order valence-electron chi connectivity index (χ1n) is 10.7. The normalized spacial score (nSPS) is 16.4. The average Bonchev–Trinajstić information content (AvgIpc) is 3.04. The summed E-state index contributed by atoms with van der Waals surface area (Å²) in [4.78, 5) is 21.4. The van der Waals surface area contributed by atoms with E-state index in [1.54, 1.807) is 11.3 Å². The van der Waals surface area contributed by atoms with Crippen LogP contribution in [0.25, 0.3) is 0 Å². The number of carbonyl (C=O) groups excluding carboxylic acids is 1. The van der Waals surface area contributed by atoms with E-state index in [1.807, 2.05) is 42.6 Å². The molecule has 1 N–H and O–H groups in total. The average molecular weight is 420 g/mol. The summed E-state index contributed by atoms with van der Waals surface area (Å²) in [5.74, 6) is 0.693. The van der Waals surface area contributed by atoms with E-state index in [0.717, 1.165) is 29.7 Å². The predicted octanol–water partition coefficient (Wildman–Crippen LogP) is 5.83. The molecule has 5 heteroatoms. The third kappa shape index (κ3) is 4.32. The predicted molar refractivity (Wildman–Crippen MR) is 124 cm³/mol. The molecule has 3 aromatic rings. The first-order chi connectivity index (χ1) is 14.5. The fourth-order valence-electron chi connectivity index (χ4n) is 4.17. The van der Waals surface area contributed by atoms with Gasteiger partial charge in [-0.15, -0.1) is 11.3 Å². The maximum Gasteiger partial charge on any atom is 0.256 e. The molecule has 1 aliphatic heterocycles. The van der Waals surface area contributed by atoms with Crippen molar-refractivity contribution < 1.29 is 4.79 Å². The molecule has 1 aromatic carbocycles. The van der Waals surface area contributed by atoms with Crippen LogP contribution < -0.4 is 5.32 Å². The van der Waals surface area contributed by atoms with Crippen molar-refractivity contribution in [2.24, 2.45) is 5.92 Å². The van der Waals surface area contributed by atoms with Crippen LogP contribution >= 0.6 is 11.3 Å². The second kappa shape index (κ2) is 9.11. The largest absolute Gasteiger partial charge is 0.313 e. The molecule has 1 aliphatic rings. The minimum Gasteiger partial charge on any atom is -0.313 e. The Labute approximate surface area is 183 Å². The van der Waals surface area contributed by atoms with E-state index in [4.69, 9.17) is 4.98 Å². The maximum absolute atomic E-state index is 12.9. The van der Waals surface area contributed by atoms with Crippen LogP contribution in [0.1, 0.15) is 57.9 Å². The van der Waals surface area contributed by atoms with Gasteiger partial charge in [0.2, 0.25) is 0 Å². The third-order valence-corrected chi connectivity index (χ3v) is 7.26. The van der Waals surface area contributed by atoms with Gasteiger partial charge in [-0.05, 0) is 75.5 Å². The number of carbonyl (C=O) groups is 1. The van der Waals surface area contributed by atoms with Crippen LogP contribution in [0.5, 0.6) is 0 Å². The first kappa shape index (κ1) is 20.8. The Balaban J connectivity index is 1.74. The van der Waals surface area contributed by atoms with E-state index in [-0.39, 0.29) is 11.9 Å². The van der Waals surface area contributed by atoms with E-state index in [9.17, 15) is 4.79 Å².